The molecule has 0 aliphatic rings. The number of pyridine rings is 1. The molecule has 0 spiro atoms. The van der Waals surface area contributed by atoms with Gasteiger partial charge in [-0.25, -0.2) is 14.2 Å². The van der Waals surface area contributed by atoms with Crippen molar-refractivity contribution in [2.45, 2.75) is 0 Å². The van der Waals surface area contributed by atoms with Crippen LogP contribution in [0.4, 0.5) is 4.39 Å². The largest absolute Gasteiger partial charge is 0.508 e. The van der Waals surface area contributed by atoms with E-state index in [-0.39, 0.29) is 22.8 Å². The number of rotatable bonds is 2. The molecule has 3 rings (SSSR count). The van der Waals surface area contributed by atoms with Crippen molar-refractivity contribution in [2.75, 3.05) is 0 Å². The van der Waals surface area contributed by atoms with Crippen LogP contribution in [0.25, 0.3) is 16.9 Å². The Morgan fingerprint density at radius 1 is 1.20 bits per heavy atom. The average Bonchev–Trinajstić information content (AvgIpc) is 2.78. The number of carbonyl (C=O) groups is 1. The summed E-state index contributed by atoms with van der Waals surface area (Å²) in [5, 5.41) is 18.6. The lowest BCUT2D eigenvalue weighted by molar-refractivity contribution is 0.0693. The second kappa shape index (κ2) is 4.34. The monoisotopic (exact) mass is 272 g/mol. The van der Waals surface area contributed by atoms with Gasteiger partial charge in [-0.15, -0.1) is 0 Å². The van der Waals surface area contributed by atoms with Gasteiger partial charge in [0.25, 0.3) is 0 Å². The van der Waals surface area contributed by atoms with Crippen molar-refractivity contribution in [1.82, 2.24) is 9.38 Å². The summed E-state index contributed by atoms with van der Waals surface area (Å²) in [6, 6.07) is 8.33. The van der Waals surface area contributed by atoms with Crippen LogP contribution in [0.3, 0.4) is 0 Å². The Balaban J connectivity index is 2.31. The molecule has 0 aliphatic carbocycles. The van der Waals surface area contributed by atoms with Gasteiger partial charge in [-0.3, -0.25) is 4.40 Å². The molecule has 0 aliphatic heterocycles. The van der Waals surface area contributed by atoms with Crippen molar-refractivity contribution in [1.29, 1.82) is 0 Å². The molecule has 3 aromatic rings. The van der Waals surface area contributed by atoms with E-state index in [2.05, 4.69) is 4.98 Å². The Bertz CT molecular complexity index is 809. The van der Waals surface area contributed by atoms with Gasteiger partial charge in [-0.2, -0.15) is 0 Å². The number of hydrogen-bond acceptors (Lipinski definition) is 3. The number of nitrogens with zero attached hydrogens (tertiary/aromatic N) is 2. The van der Waals surface area contributed by atoms with Crippen LogP contribution >= 0.6 is 0 Å². The van der Waals surface area contributed by atoms with Gasteiger partial charge >= 0.3 is 5.97 Å². The highest BCUT2D eigenvalue weighted by Crippen LogP contribution is 2.25. The predicted octanol–water partition coefficient (Wildman–Crippen LogP) is 2.54. The number of carboxylic acid groups (broad SMARTS) is 1. The van der Waals surface area contributed by atoms with Crippen molar-refractivity contribution in [2.24, 2.45) is 0 Å². The third-order valence-corrected chi connectivity index (χ3v) is 2.93. The molecular weight excluding hydrogens is 263 g/mol. The Kier molecular flexibility index (Phi) is 2.64. The summed E-state index contributed by atoms with van der Waals surface area (Å²) < 4.78 is 14.5. The molecule has 2 N–H and O–H groups in total. The normalized spacial score (nSPS) is 10.8. The maximum absolute atomic E-state index is 12.9. The number of carboxylic acids is 1. The van der Waals surface area contributed by atoms with Gasteiger partial charge in [-0.05, 0) is 30.3 Å². The van der Waals surface area contributed by atoms with Gasteiger partial charge in [0, 0.05) is 17.8 Å². The molecule has 1 aromatic carbocycles. The molecule has 0 fully saturated rings. The first-order chi connectivity index (χ1) is 9.56. The summed E-state index contributed by atoms with van der Waals surface area (Å²) >= 11 is 0. The van der Waals surface area contributed by atoms with Crippen LogP contribution < -0.4 is 0 Å². The molecule has 6 heteroatoms. The van der Waals surface area contributed by atoms with E-state index >= 15 is 0 Å². The fraction of sp³-hybridized carbons (Fsp3) is 0. The van der Waals surface area contributed by atoms with Crippen molar-refractivity contribution in [3.63, 3.8) is 0 Å². The molecule has 0 radical (unpaired) electrons. The number of hydrogen-bond donors (Lipinski definition) is 2. The fourth-order valence-electron chi connectivity index (χ4n) is 2.03. The third-order valence-electron chi connectivity index (χ3n) is 2.93. The molecule has 0 bridgehead atoms. The van der Waals surface area contributed by atoms with Crippen LogP contribution in [0.1, 0.15) is 10.5 Å². The minimum Gasteiger partial charge on any atom is -0.508 e. The van der Waals surface area contributed by atoms with Crippen molar-refractivity contribution >= 4 is 11.5 Å². The van der Waals surface area contributed by atoms with E-state index in [1.165, 1.54) is 47.0 Å². The summed E-state index contributed by atoms with van der Waals surface area (Å²) in [5.41, 5.74) is 0.691. The van der Waals surface area contributed by atoms with E-state index in [4.69, 9.17) is 5.11 Å². The molecule has 2 aromatic heterocycles. The van der Waals surface area contributed by atoms with Crippen molar-refractivity contribution < 1.29 is 19.4 Å². The van der Waals surface area contributed by atoms with E-state index < -0.39 is 5.97 Å². The summed E-state index contributed by atoms with van der Waals surface area (Å²) in [4.78, 5) is 15.3. The fourth-order valence-corrected chi connectivity index (χ4v) is 2.03. The van der Waals surface area contributed by atoms with Crippen LogP contribution in [0, 0.1) is 5.82 Å². The van der Waals surface area contributed by atoms with Gasteiger partial charge in [0.1, 0.15) is 17.4 Å². The van der Waals surface area contributed by atoms with Crippen LogP contribution in [-0.4, -0.2) is 25.6 Å². The number of aromatic nitrogens is 2. The smallest absolute Gasteiger partial charge is 0.356 e. The second-order valence-corrected chi connectivity index (χ2v) is 4.24. The third kappa shape index (κ3) is 1.87. The van der Waals surface area contributed by atoms with E-state index in [1.807, 2.05) is 0 Å². The minimum absolute atomic E-state index is 0.0504. The molecule has 100 valence electrons. The zero-order valence-corrected chi connectivity index (χ0v) is 10.1. The lowest BCUT2D eigenvalue weighted by Crippen LogP contribution is -1.97. The Labute approximate surface area is 112 Å². The highest BCUT2D eigenvalue weighted by Gasteiger charge is 2.18. The maximum atomic E-state index is 12.9. The van der Waals surface area contributed by atoms with Crippen molar-refractivity contribution in [3.8, 4) is 17.1 Å². The zero-order valence-electron chi connectivity index (χ0n) is 10.1. The highest BCUT2D eigenvalue weighted by molar-refractivity contribution is 5.95. The van der Waals surface area contributed by atoms with Gasteiger partial charge in [0.05, 0.1) is 5.52 Å². The number of imidazole rings is 1. The maximum Gasteiger partial charge on any atom is 0.356 e. The van der Waals surface area contributed by atoms with Gasteiger partial charge in [0.2, 0.25) is 0 Å². The van der Waals surface area contributed by atoms with Crippen LogP contribution in [0.15, 0.2) is 42.6 Å². The van der Waals surface area contributed by atoms with E-state index in [9.17, 15) is 14.3 Å². The SMILES string of the molecule is O=C(O)c1nc(-c2ccc(F)cc2)n2ccc(O)cc12. The standard InChI is InChI=1S/C14H9FN2O3/c15-9-3-1-8(2-4-9)13-16-12(14(19)20)11-7-10(18)5-6-17(11)13/h1-7,18H,(H,19,20). The number of benzene rings is 1. The van der Waals surface area contributed by atoms with Crippen LogP contribution in [-0.2, 0) is 0 Å². The van der Waals surface area contributed by atoms with E-state index in [0.29, 0.717) is 11.4 Å². The Morgan fingerprint density at radius 3 is 2.55 bits per heavy atom. The first-order valence-electron chi connectivity index (χ1n) is 5.76. The van der Waals surface area contributed by atoms with Gasteiger partial charge in [-0.1, -0.05) is 0 Å². The lowest BCUT2D eigenvalue weighted by atomic mass is 10.2. The summed E-state index contributed by atoms with van der Waals surface area (Å²) in [5.74, 6) is -1.25. The zero-order chi connectivity index (χ0) is 14.3. The number of fused-ring (bicyclic) bond motifs is 1. The van der Waals surface area contributed by atoms with Crippen molar-refractivity contribution in [3.05, 3.63) is 54.1 Å². The Morgan fingerprint density at radius 2 is 1.90 bits per heavy atom. The highest BCUT2D eigenvalue weighted by atomic mass is 19.1. The van der Waals surface area contributed by atoms with E-state index in [0.717, 1.165) is 0 Å². The predicted molar refractivity (Wildman–Crippen MR) is 69.2 cm³/mol. The molecule has 5 nitrogen and oxygen atoms in total. The molecule has 0 atom stereocenters. The first kappa shape index (κ1) is 12.2. The molecule has 0 amide bonds. The molecule has 0 unspecified atom stereocenters. The van der Waals surface area contributed by atoms with Crippen LogP contribution in [0.5, 0.6) is 5.75 Å². The number of aromatic hydroxyl groups is 1. The summed E-state index contributed by atoms with van der Waals surface area (Å²) in [6.45, 7) is 0. The van der Waals surface area contributed by atoms with Crippen LogP contribution in [0.2, 0.25) is 0 Å². The molecular formula is C14H9FN2O3. The first-order valence-corrected chi connectivity index (χ1v) is 5.76. The minimum atomic E-state index is -1.19. The van der Waals surface area contributed by atoms with Gasteiger partial charge < -0.3 is 10.2 Å². The topological polar surface area (TPSA) is 74.8 Å². The molecule has 2 heterocycles. The lowest BCUT2D eigenvalue weighted by Gasteiger charge is -2.01. The summed E-state index contributed by atoms with van der Waals surface area (Å²) in [7, 11) is 0. The molecule has 0 saturated carbocycles. The molecule has 20 heavy (non-hydrogen) atoms. The number of aromatic carboxylic acids is 1. The summed E-state index contributed by atoms with van der Waals surface area (Å²) in [6.07, 6.45) is 1.52. The number of halogens is 1. The average molecular weight is 272 g/mol. The second-order valence-electron chi connectivity index (χ2n) is 4.24. The quantitative estimate of drug-likeness (QED) is 0.751. The Hall–Kier alpha value is -2.89. The van der Waals surface area contributed by atoms with Gasteiger partial charge in [0.15, 0.2) is 5.69 Å². The molecule has 0 saturated heterocycles. The van der Waals surface area contributed by atoms with E-state index in [1.54, 1.807) is 0 Å².